The maximum absolute atomic E-state index is 12.5. The lowest BCUT2D eigenvalue weighted by molar-refractivity contribution is -0.125. The second kappa shape index (κ2) is 5.14. The molecule has 2 amide bonds. The molecule has 1 aliphatic heterocycles. The summed E-state index contributed by atoms with van der Waals surface area (Å²) in [7, 11) is 0. The highest BCUT2D eigenvalue weighted by Gasteiger charge is 2.46. The van der Waals surface area contributed by atoms with Gasteiger partial charge in [-0.05, 0) is 31.6 Å². The van der Waals surface area contributed by atoms with Gasteiger partial charge in [-0.25, -0.2) is 4.79 Å². The molecular formula is C15H24N2O2. The van der Waals surface area contributed by atoms with Crippen molar-refractivity contribution in [3.63, 3.8) is 0 Å². The van der Waals surface area contributed by atoms with Crippen LogP contribution in [-0.2, 0) is 4.79 Å². The molecule has 0 aromatic heterocycles. The van der Waals surface area contributed by atoms with Crippen molar-refractivity contribution >= 4 is 11.8 Å². The molecule has 0 aromatic rings. The minimum Gasteiger partial charge on any atom is -0.351 e. The molecule has 4 heteroatoms. The van der Waals surface area contributed by atoms with Crippen LogP contribution in [-0.4, -0.2) is 28.8 Å². The first-order valence-electron chi connectivity index (χ1n) is 7.79. The number of urea groups is 1. The summed E-state index contributed by atoms with van der Waals surface area (Å²) in [5.41, 5.74) is 5.67. The first-order valence-corrected chi connectivity index (χ1v) is 7.79. The van der Waals surface area contributed by atoms with Crippen molar-refractivity contribution in [1.82, 2.24) is 4.90 Å². The van der Waals surface area contributed by atoms with Gasteiger partial charge in [0.05, 0.1) is 0 Å². The number of likely N-dealkylation sites (tertiary alicyclic amines) is 1. The fourth-order valence-corrected chi connectivity index (χ4v) is 4.59. The van der Waals surface area contributed by atoms with Crippen molar-refractivity contribution in [2.24, 2.45) is 17.6 Å². The molecule has 1 saturated heterocycles. The largest absolute Gasteiger partial charge is 0.351 e. The molecule has 0 radical (unpaired) electrons. The molecule has 19 heavy (non-hydrogen) atoms. The van der Waals surface area contributed by atoms with E-state index in [0.717, 1.165) is 44.9 Å². The number of ketones is 1. The van der Waals surface area contributed by atoms with E-state index in [1.54, 1.807) is 0 Å². The number of hydrogen-bond acceptors (Lipinski definition) is 2. The molecule has 1 heterocycles. The van der Waals surface area contributed by atoms with Gasteiger partial charge in [0, 0.05) is 24.4 Å². The Kier molecular flexibility index (Phi) is 3.50. The molecule has 2 saturated carbocycles. The number of primary amides is 1. The number of carbonyl (C=O) groups is 2. The lowest BCUT2D eigenvalue weighted by Crippen LogP contribution is -2.54. The highest BCUT2D eigenvalue weighted by molar-refractivity contribution is 5.84. The summed E-state index contributed by atoms with van der Waals surface area (Å²) in [6, 6.07) is 0.0126. The molecule has 3 aliphatic rings. The molecule has 2 aliphatic carbocycles. The summed E-state index contributed by atoms with van der Waals surface area (Å²) >= 11 is 0. The highest BCUT2D eigenvalue weighted by atomic mass is 16.2. The Morgan fingerprint density at radius 1 is 1.00 bits per heavy atom. The second-order valence-corrected chi connectivity index (χ2v) is 6.49. The Morgan fingerprint density at radius 2 is 1.63 bits per heavy atom. The summed E-state index contributed by atoms with van der Waals surface area (Å²) in [5.74, 6) is 0.816. The minimum atomic E-state index is -0.302. The smallest absolute Gasteiger partial charge is 0.315 e. The number of nitrogens with two attached hydrogens (primary N) is 1. The number of hydrogen-bond donors (Lipinski definition) is 1. The Balaban J connectivity index is 1.94. The van der Waals surface area contributed by atoms with E-state index in [4.69, 9.17) is 5.73 Å². The van der Waals surface area contributed by atoms with Crippen LogP contribution >= 0.6 is 0 Å². The fraction of sp³-hybridized carbons (Fsp3) is 0.867. The SMILES string of the molecule is NC(=O)N1C2CCCCC2CC(=O)C2CCCCC21. The van der Waals surface area contributed by atoms with Gasteiger partial charge in [0.25, 0.3) is 0 Å². The Labute approximate surface area is 114 Å². The van der Waals surface area contributed by atoms with Crippen LogP contribution in [0.4, 0.5) is 4.79 Å². The Hall–Kier alpha value is -1.06. The van der Waals surface area contributed by atoms with E-state index >= 15 is 0 Å². The van der Waals surface area contributed by atoms with Crippen LogP contribution in [0, 0.1) is 11.8 Å². The molecule has 0 aromatic carbocycles. The van der Waals surface area contributed by atoms with Crippen LogP contribution < -0.4 is 5.73 Å². The predicted octanol–water partition coefficient (Wildman–Crippen LogP) is 2.46. The average molecular weight is 264 g/mol. The van der Waals surface area contributed by atoms with Crippen molar-refractivity contribution in [1.29, 1.82) is 0 Å². The van der Waals surface area contributed by atoms with Gasteiger partial charge in [-0.15, -0.1) is 0 Å². The number of carbonyl (C=O) groups excluding carboxylic acids is 2. The first kappa shape index (κ1) is 12.9. The van der Waals surface area contributed by atoms with E-state index in [2.05, 4.69) is 0 Å². The highest BCUT2D eigenvalue weighted by Crippen LogP contribution is 2.41. The number of Topliss-reactive ketones (excluding diaryl/α,β-unsaturated/α-hetero) is 1. The molecule has 0 spiro atoms. The molecular weight excluding hydrogens is 240 g/mol. The molecule has 4 atom stereocenters. The van der Waals surface area contributed by atoms with Crippen LogP contribution in [0.15, 0.2) is 0 Å². The van der Waals surface area contributed by atoms with Gasteiger partial charge < -0.3 is 10.6 Å². The monoisotopic (exact) mass is 264 g/mol. The number of amides is 2. The zero-order valence-corrected chi connectivity index (χ0v) is 11.5. The predicted molar refractivity (Wildman–Crippen MR) is 72.5 cm³/mol. The van der Waals surface area contributed by atoms with Gasteiger partial charge in [0.15, 0.2) is 0 Å². The summed E-state index contributed by atoms with van der Waals surface area (Å²) < 4.78 is 0. The summed E-state index contributed by atoms with van der Waals surface area (Å²) in [6.45, 7) is 0. The van der Waals surface area contributed by atoms with Crippen LogP contribution in [0.2, 0.25) is 0 Å². The molecule has 106 valence electrons. The number of rotatable bonds is 0. The summed E-state index contributed by atoms with van der Waals surface area (Å²) in [5, 5.41) is 0. The van der Waals surface area contributed by atoms with Crippen LogP contribution in [0.1, 0.15) is 57.8 Å². The van der Waals surface area contributed by atoms with Gasteiger partial charge in [0.1, 0.15) is 5.78 Å². The minimum absolute atomic E-state index is 0.0619. The molecule has 0 bridgehead atoms. The lowest BCUT2D eigenvalue weighted by Gasteiger charge is -2.43. The molecule has 4 nitrogen and oxygen atoms in total. The molecule has 3 fully saturated rings. The van der Waals surface area contributed by atoms with Crippen LogP contribution in [0.25, 0.3) is 0 Å². The molecule has 4 unspecified atom stereocenters. The van der Waals surface area contributed by atoms with Crippen molar-refractivity contribution in [3.8, 4) is 0 Å². The second-order valence-electron chi connectivity index (χ2n) is 6.49. The lowest BCUT2D eigenvalue weighted by atomic mass is 9.79. The molecule has 2 N–H and O–H groups in total. The Bertz CT molecular complexity index is 382. The van der Waals surface area contributed by atoms with E-state index < -0.39 is 0 Å². The van der Waals surface area contributed by atoms with E-state index in [1.807, 2.05) is 4.90 Å². The number of fused-ring (bicyclic) bond motifs is 2. The van der Waals surface area contributed by atoms with Gasteiger partial charge in [0.2, 0.25) is 0 Å². The van der Waals surface area contributed by atoms with E-state index in [0.29, 0.717) is 18.1 Å². The van der Waals surface area contributed by atoms with Crippen molar-refractivity contribution in [2.45, 2.75) is 69.9 Å². The van der Waals surface area contributed by atoms with Gasteiger partial charge in [-0.3, -0.25) is 4.79 Å². The zero-order valence-electron chi connectivity index (χ0n) is 11.5. The average Bonchev–Trinajstić information content (AvgIpc) is 2.53. The van der Waals surface area contributed by atoms with Gasteiger partial charge in [-0.2, -0.15) is 0 Å². The zero-order chi connectivity index (χ0) is 13.4. The van der Waals surface area contributed by atoms with Gasteiger partial charge >= 0.3 is 6.03 Å². The topological polar surface area (TPSA) is 63.4 Å². The van der Waals surface area contributed by atoms with Crippen molar-refractivity contribution in [3.05, 3.63) is 0 Å². The van der Waals surface area contributed by atoms with Crippen LogP contribution in [0.5, 0.6) is 0 Å². The third-order valence-corrected chi connectivity index (χ3v) is 5.44. The molecule has 3 rings (SSSR count). The normalized spacial score (nSPS) is 39.2. The first-order chi connectivity index (χ1) is 9.18. The van der Waals surface area contributed by atoms with E-state index in [9.17, 15) is 9.59 Å². The maximum atomic E-state index is 12.5. The fourth-order valence-electron chi connectivity index (χ4n) is 4.59. The van der Waals surface area contributed by atoms with Crippen molar-refractivity contribution in [2.75, 3.05) is 0 Å². The Morgan fingerprint density at radius 3 is 2.37 bits per heavy atom. The maximum Gasteiger partial charge on any atom is 0.315 e. The van der Waals surface area contributed by atoms with Gasteiger partial charge in [-0.1, -0.05) is 25.7 Å². The quantitative estimate of drug-likeness (QED) is 0.730. The van der Waals surface area contributed by atoms with Crippen molar-refractivity contribution < 1.29 is 9.59 Å². The standard InChI is InChI=1S/C15H24N2O2/c16-15(19)17-12-7-3-1-5-10(12)9-14(18)11-6-2-4-8-13(11)17/h10-13H,1-9H2,(H2,16,19). The van der Waals surface area contributed by atoms with Crippen LogP contribution in [0.3, 0.4) is 0 Å². The van der Waals surface area contributed by atoms with E-state index in [1.165, 1.54) is 6.42 Å². The third-order valence-electron chi connectivity index (χ3n) is 5.44. The number of nitrogens with zero attached hydrogens (tertiary/aromatic N) is 1. The van der Waals surface area contributed by atoms with E-state index in [-0.39, 0.29) is 24.0 Å². The summed E-state index contributed by atoms with van der Waals surface area (Å²) in [4.78, 5) is 26.4. The third kappa shape index (κ3) is 2.26. The summed E-state index contributed by atoms with van der Waals surface area (Å²) in [6.07, 6.45) is 9.30.